The van der Waals surface area contributed by atoms with Gasteiger partial charge in [0, 0.05) is 19.6 Å². The minimum Gasteiger partial charge on any atom is -0.313 e. The third-order valence-electron chi connectivity index (χ3n) is 4.23. The zero-order valence-electron chi connectivity index (χ0n) is 13.0. The van der Waals surface area contributed by atoms with Crippen molar-refractivity contribution in [2.24, 2.45) is 0 Å². The number of sulfonamides is 1. The van der Waals surface area contributed by atoms with Crippen molar-refractivity contribution in [3.8, 4) is 0 Å². The summed E-state index contributed by atoms with van der Waals surface area (Å²) in [7, 11) is -1.48. The van der Waals surface area contributed by atoms with Gasteiger partial charge in [-0.1, -0.05) is 44.0 Å². The second-order valence-corrected chi connectivity index (χ2v) is 7.84. The van der Waals surface area contributed by atoms with Crippen LogP contribution in [0.1, 0.15) is 43.7 Å². The molecular weight excluding hydrogens is 284 g/mol. The zero-order valence-corrected chi connectivity index (χ0v) is 13.8. The highest BCUT2D eigenvalue weighted by Crippen LogP contribution is 2.25. The molecule has 1 aliphatic rings. The van der Waals surface area contributed by atoms with Gasteiger partial charge in [-0.05, 0) is 30.5 Å². The number of nitrogens with one attached hydrogen (secondary N) is 1. The highest BCUT2D eigenvalue weighted by molar-refractivity contribution is 7.88. The molecule has 0 unspecified atom stereocenters. The lowest BCUT2D eigenvalue weighted by molar-refractivity contribution is 0.372. The summed E-state index contributed by atoms with van der Waals surface area (Å²) >= 11 is 0. The molecule has 1 N–H and O–H groups in total. The standard InChI is InChI=1S/C16H26N2O2S/c1-3-17-12-14-8-10-15(11-9-14)13-21(19,20)18(2)16-6-4-5-7-16/h8-11,16-17H,3-7,12-13H2,1-2H3. The Morgan fingerprint density at radius 1 is 1.14 bits per heavy atom. The van der Waals surface area contributed by atoms with Gasteiger partial charge in [0.15, 0.2) is 0 Å². The highest BCUT2D eigenvalue weighted by Gasteiger charge is 2.28. The van der Waals surface area contributed by atoms with E-state index in [0.717, 1.165) is 44.3 Å². The van der Waals surface area contributed by atoms with Crippen LogP contribution >= 0.6 is 0 Å². The Labute approximate surface area is 128 Å². The second kappa shape index (κ2) is 7.38. The highest BCUT2D eigenvalue weighted by atomic mass is 32.2. The van der Waals surface area contributed by atoms with Gasteiger partial charge in [0.25, 0.3) is 0 Å². The fourth-order valence-corrected chi connectivity index (χ4v) is 4.31. The molecule has 0 saturated heterocycles. The van der Waals surface area contributed by atoms with E-state index in [-0.39, 0.29) is 11.8 Å². The first-order valence-electron chi connectivity index (χ1n) is 7.77. The number of hydrogen-bond acceptors (Lipinski definition) is 3. The van der Waals surface area contributed by atoms with Crippen molar-refractivity contribution < 1.29 is 8.42 Å². The van der Waals surface area contributed by atoms with Crippen LogP contribution in [0.3, 0.4) is 0 Å². The van der Waals surface area contributed by atoms with Crippen molar-refractivity contribution in [1.82, 2.24) is 9.62 Å². The average molecular weight is 310 g/mol. The van der Waals surface area contributed by atoms with E-state index in [1.54, 1.807) is 11.4 Å². The number of hydrogen-bond donors (Lipinski definition) is 1. The van der Waals surface area contributed by atoms with Crippen LogP contribution in [0.2, 0.25) is 0 Å². The van der Waals surface area contributed by atoms with Gasteiger partial charge in [-0.2, -0.15) is 0 Å². The maximum atomic E-state index is 12.5. The predicted molar refractivity (Wildman–Crippen MR) is 86.5 cm³/mol. The van der Waals surface area contributed by atoms with Gasteiger partial charge in [-0.15, -0.1) is 0 Å². The van der Waals surface area contributed by atoms with Crippen molar-refractivity contribution in [2.75, 3.05) is 13.6 Å². The first-order chi connectivity index (χ1) is 10.0. The van der Waals surface area contributed by atoms with Crippen LogP contribution < -0.4 is 5.32 Å². The molecule has 0 radical (unpaired) electrons. The van der Waals surface area contributed by atoms with Crippen LogP contribution in [0.15, 0.2) is 24.3 Å². The number of rotatable bonds is 7. The van der Waals surface area contributed by atoms with Crippen molar-refractivity contribution in [1.29, 1.82) is 0 Å². The van der Waals surface area contributed by atoms with E-state index in [9.17, 15) is 8.42 Å². The van der Waals surface area contributed by atoms with Crippen LogP contribution in [0, 0.1) is 0 Å². The molecule has 5 heteroatoms. The summed E-state index contributed by atoms with van der Waals surface area (Å²) in [5.41, 5.74) is 2.04. The van der Waals surface area contributed by atoms with Crippen LogP contribution in [-0.2, 0) is 22.3 Å². The monoisotopic (exact) mass is 310 g/mol. The van der Waals surface area contributed by atoms with Gasteiger partial charge in [0.2, 0.25) is 10.0 Å². The molecule has 2 rings (SSSR count). The van der Waals surface area contributed by atoms with Crippen molar-refractivity contribution >= 4 is 10.0 Å². The summed E-state index contributed by atoms with van der Waals surface area (Å²) in [5.74, 6) is 0.0987. The lowest BCUT2D eigenvalue weighted by Gasteiger charge is -2.23. The van der Waals surface area contributed by atoms with E-state index in [4.69, 9.17) is 0 Å². The van der Waals surface area contributed by atoms with Crippen molar-refractivity contribution in [3.05, 3.63) is 35.4 Å². The van der Waals surface area contributed by atoms with E-state index < -0.39 is 10.0 Å². The molecule has 0 aliphatic heterocycles. The van der Waals surface area contributed by atoms with Gasteiger partial charge in [-0.25, -0.2) is 12.7 Å². The van der Waals surface area contributed by atoms with E-state index >= 15 is 0 Å². The molecule has 4 nitrogen and oxygen atoms in total. The van der Waals surface area contributed by atoms with Gasteiger partial charge in [-0.3, -0.25) is 0 Å². The van der Waals surface area contributed by atoms with Crippen LogP contribution in [0.5, 0.6) is 0 Å². The number of nitrogens with zero attached hydrogens (tertiary/aromatic N) is 1. The van der Waals surface area contributed by atoms with Gasteiger partial charge < -0.3 is 5.32 Å². The van der Waals surface area contributed by atoms with E-state index in [0.29, 0.717) is 0 Å². The van der Waals surface area contributed by atoms with E-state index in [1.165, 1.54) is 5.56 Å². The Hall–Kier alpha value is -0.910. The third kappa shape index (κ3) is 4.53. The second-order valence-electron chi connectivity index (χ2n) is 5.81. The van der Waals surface area contributed by atoms with Gasteiger partial charge in [0.05, 0.1) is 5.75 Å². The molecule has 1 saturated carbocycles. The minimum atomic E-state index is -3.21. The Morgan fingerprint density at radius 2 is 1.71 bits per heavy atom. The van der Waals surface area contributed by atoms with Crippen LogP contribution in [-0.4, -0.2) is 32.4 Å². The molecule has 0 heterocycles. The summed E-state index contributed by atoms with van der Waals surface area (Å²) in [5, 5.41) is 3.26. The largest absolute Gasteiger partial charge is 0.313 e. The molecule has 0 atom stereocenters. The van der Waals surface area contributed by atoms with E-state index in [1.807, 2.05) is 24.3 Å². The topological polar surface area (TPSA) is 49.4 Å². The maximum absolute atomic E-state index is 12.5. The Bertz CT molecular complexity index is 534. The number of benzene rings is 1. The Morgan fingerprint density at radius 3 is 2.29 bits per heavy atom. The molecule has 1 aromatic rings. The Kier molecular flexibility index (Phi) is 5.79. The molecule has 21 heavy (non-hydrogen) atoms. The molecule has 0 spiro atoms. The lowest BCUT2D eigenvalue weighted by atomic mass is 10.1. The molecule has 1 fully saturated rings. The summed E-state index contributed by atoms with van der Waals surface area (Å²) in [4.78, 5) is 0. The maximum Gasteiger partial charge on any atom is 0.218 e. The lowest BCUT2D eigenvalue weighted by Crippen LogP contribution is -2.36. The van der Waals surface area contributed by atoms with Gasteiger partial charge >= 0.3 is 0 Å². The van der Waals surface area contributed by atoms with Gasteiger partial charge in [0.1, 0.15) is 0 Å². The minimum absolute atomic E-state index is 0.0987. The molecule has 1 aliphatic carbocycles. The zero-order chi connectivity index (χ0) is 15.3. The predicted octanol–water partition coefficient (Wildman–Crippen LogP) is 2.50. The Balaban J connectivity index is 1.99. The fourth-order valence-electron chi connectivity index (χ4n) is 2.83. The SMILES string of the molecule is CCNCc1ccc(CS(=O)(=O)N(C)C2CCCC2)cc1. The summed E-state index contributed by atoms with van der Waals surface area (Å²) in [6, 6.07) is 8.05. The van der Waals surface area contributed by atoms with Crippen LogP contribution in [0.25, 0.3) is 0 Å². The van der Waals surface area contributed by atoms with E-state index in [2.05, 4.69) is 12.2 Å². The van der Waals surface area contributed by atoms with Crippen LogP contribution in [0.4, 0.5) is 0 Å². The molecule has 0 amide bonds. The summed E-state index contributed by atoms with van der Waals surface area (Å²) < 4.78 is 26.5. The summed E-state index contributed by atoms with van der Waals surface area (Å²) in [6.45, 7) is 3.83. The molecule has 0 bridgehead atoms. The van der Waals surface area contributed by atoms with Crippen molar-refractivity contribution in [3.63, 3.8) is 0 Å². The first-order valence-corrected chi connectivity index (χ1v) is 9.38. The molecule has 0 aromatic heterocycles. The fraction of sp³-hybridized carbons (Fsp3) is 0.625. The normalized spacial score (nSPS) is 16.7. The third-order valence-corrected chi connectivity index (χ3v) is 6.10. The first kappa shape index (κ1) is 16.5. The smallest absolute Gasteiger partial charge is 0.218 e. The van der Waals surface area contributed by atoms with Crippen molar-refractivity contribution in [2.45, 2.75) is 50.9 Å². The quantitative estimate of drug-likeness (QED) is 0.842. The molecule has 1 aromatic carbocycles. The molecular formula is C16H26N2O2S. The molecule has 118 valence electrons. The summed E-state index contributed by atoms with van der Waals surface area (Å²) in [6.07, 6.45) is 4.28. The average Bonchev–Trinajstić information content (AvgIpc) is 2.99.